The van der Waals surface area contributed by atoms with Gasteiger partial charge in [-0.2, -0.15) is 5.10 Å². The molecule has 1 aromatic heterocycles. The van der Waals surface area contributed by atoms with Crippen molar-refractivity contribution in [2.24, 2.45) is 5.10 Å². The number of nitro groups is 1. The van der Waals surface area contributed by atoms with Crippen LogP contribution in [0.5, 0.6) is 11.5 Å². The van der Waals surface area contributed by atoms with Crippen molar-refractivity contribution in [1.29, 1.82) is 0 Å². The zero-order valence-electron chi connectivity index (χ0n) is 15.8. The smallest absolute Gasteiger partial charge is 0.281 e. The van der Waals surface area contributed by atoms with Crippen LogP contribution in [0.15, 0.2) is 58.6 Å². The Labute approximate surface area is 184 Å². The Morgan fingerprint density at radius 1 is 1.33 bits per heavy atom. The molecule has 30 heavy (non-hydrogen) atoms. The lowest BCUT2D eigenvalue weighted by Gasteiger charge is -2.11. The van der Waals surface area contributed by atoms with Gasteiger partial charge in [-0.25, -0.2) is 5.43 Å². The number of hydrogen-bond acceptors (Lipinski definition) is 7. The normalized spacial score (nSPS) is 10.9. The van der Waals surface area contributed by atoms with E-state index in [1.54, 1.807) is 30.3 Å². The maximum Gasteiger partial charge on any atom is 0.281 e. The van der Waals surface area contributed by atoms with Crippen molar-refractivity contribution in [3.63, 3.8) is 0 Å². The quantitative estimate of drug-likeness (QED) is 0.209. The van der Waals surface area contributed by atoms with Crippen LogP contribution in [-0.4, -0.2) is 30.8 Å². The number of ether oxygens (including phenoxy) is 2. The fraction of sp³-hybridized carbons (Fsp3) is 0.100. The van der Waals surface area contributed by atoms with Gasteiger partial charge in [-0.1, -0.05) is 12.7 Å². The number of carbonyl (C=O) groups excluding carboxylic acids is 1. The molecule has 0 spiro atoms. The van der Waals surface area contributed by atoms with Crippen LogP contribution in [0.2, 0.25) is 0 Å². The number of nitro benzene ring substituents is 1. The highest BCUT2D eigenvalue weighted by molar-refractivity contribution is 9.10. The minimum Gasteiger partial charge on any atom is -0.493 e. The maximum atomic E-state index is 12.4. The van der Waals surface area contributed by atoms with Gasteiger partial charge in [-0.3, -0.25) is 14.9 Å². The highest BCUT2D eigenvalue weighted by Crippen LogP contribution is 2.33. The van der Waals surface area contributed by atoms with E-state index in [-0.39, 0.29) is 5.69 Å². The maximum absolute atomic E-state index is 12.4. The Balaban J connectivity index is 1.74. The first-order chi connectivity index (χ1) is 14.4. The minimum absolute atomic E-state index is 0.0235. The van der Waals surface area contributed by atoms with Crippen molar-refractivity contribution < 1.29 is 19.2 Å². The number of thiophene rings is 1. The highest BCUT2D eigenvalue weighted by atomic mass is 79.9. The van der Waals surface area contributed by atoms with E-state index in [2.05, 4.69) is 33.0 Å². The Bertz CT molecular complexity index is 1160. The van der Waals surface area contributed by atoms with Crippen LogP contribution in [0, 0.1) is 10.1 Å². The summed E-state index contributed by atoms with van der Waals surface area (Å²) in [4.78, 5) is 23.2. The first kappa shape index (κ1) is 21.5. The van der Waals surface area contributed by atoms with Crippen LogP contribution in [0.1, 0.15) is 15.2 Å². The third-order valence-corrected chi connectivity index (χ3v) is 5.75. The SMILES string of the molecule is C=CCOc1cc(Br)c(C=NNC(=O)c2cc3cc([N+](=O)[O-])ccc3s2)cc1OC. The number of nitrogens with one attached hydrogen (secondary N) is 1. The number of rotatable bonds is 8. The molecule has 0 aliphatic heterocycles. The van der Waals surface area contributed by atoms with Gasteiger partial charge >= 0.3 is 0 Å². The number of halogens is 1. The Hall–Kier alpha value is -3.24. The lowest BCUT2D eigenvalue weighted by molar-refractivity contribution is -0.384. The molecule has 0 saturated carbocycles. The van der Waals surface area contributed by atoms with Crippen LogP contribution < -0.4 is 14.9 Å². The molecule has 0 radical (unpaired) electrons. The fourth-order valence-corrected chi connectivity index (χ4v) is 3.90. The van der Waals surface area contributed by atoms with Gasteiger partial charge in [-0.15, -0.1) is 11.3 Å². The number of methoxy groups -OCH3 is 1. The molecule has 0 fully saturated rings. The molecule has 3 aromatic rings. The Morgan fingerprint density at radius 3 is 2.83 bits per heavy atom. The standard InChI is InChI=1S/C20H16BrN3O5S/c1-3-6-29-17-10-15(21)13(8-16(17)28-2)11-22-23-20(25)19-9-12-7-14(24(26)27)4-5-18(12)30-19/h3-5,7-11H,1,6H2,2H3,(H,23,25). The largest absolute Gasteiger partial charge is 0.493 e. The number of amides is 1. The van der Waals surface area contributed by atoms with Crippen molar-refractivity contribution in [2.45, 2.75) is 0 Å². The van der Waals surface area contributed by atoms with Crippen LogP contribution in [0.3, 0.4) is 0 Å². The van der Waals surface area contributed by atoms with Gasteiger partial charge in [0.15, 0.2) is 11.5 Å². The Kier molecular flexibility index (Phi) is 6.80. The summed E-state index contributed by atoms with van der Waals surface area (Å²) in [5.41, 5.74) is 3.11. The van der Waals surface area contributed by atoms with E-state index in [1.807, 2.05) is 0 Å². The van der Waals surface area contributed by atoms with Crippen molar-refractivity contribution >= 4 is 55.2 Å². The van der Waals surface area contributed by atoms with Gasteiger partial charge in [-0.05, 0) is 40.2 Å². The zero-order valence-corrected chi connectivity index (χ0v) is 18.2. The number of fused-ring (bicyclic) bond motifs is 1. The van der Waals surface area contributed by atoms with E-state index in [9.17, 15) is 14.9 Å². The van der Waals surface area contributed by atoms with Crippen molar-refractivity contribution in [2.75, 3.05) is 13.7 Å². The topological polar surface area (TPSA) is 103 Å². The van der Waals surface area contributed by atoms with Gasteiger partial charge < -0.3 is 9.47 Å². The van der Waals surface area contributed by atoms with Gasteiger partial charge in [0.2, 0.25) is 0 Å². The van der Waals surface area contributed by atoms with E-state index in [4.69, 9.17) is 9.47 Å². The molecule has 0 atom stereocenters. The summed E-state index contributed by atoms with van der Waals surface area (Å²) in [5, 5.41) is 15.5. The highest BCUT2D eigenvalue weighted by Gasteiger charge is 2.13. The van der Waals surface area contributed by atoms with Crippen LogP contribution in [-0.2, 0) is 0 Å². The minimum atomic E-state index is -0.471. The first-order valence-electron chi connectivity index (χ1n) is 8.55. The summed E-state index contributed by atoms with van der Waals surface area (Å²) in [5.74, 6) is 0.646. The lowest BCUT2D eigenvalue weighted by Crippen LogP contribution is -2.16. The number of hydrogen-bond donors (Lipinski definition) is 1. The van der Waals surface area contributed by atoms with E-state index >= 15 is 0 Å². The average Bonchev–Trinajstić information content (AvgIpc) is 3.16. The number of benzene rings is 2. The number of hydrazone groups is 1. The van der Waals surface area contributed by atoms with Gasteiger partial charge in [0.05, 0.1) is 23.1 Å². The Morgan fingerprint density at radius 2 is 2.13 bits per heavy atom. The predicted octanol–water partition coefficient (Wildman–Crippen LogP) is 4.91. The third-order valence-electron chi connectivity index (χ3n) is 3.94. The molecule has 8 nitrogen and oxygen atoms in total. The monoisotopic (exact) mass is 489 g/mol. The molecule has 0 bridgehead atoms. The van der Waals surface area contributed by atoms with E-state index in [0.29, 0.717) is 38.4 Å². The molecule has 3 rings (SSSR count). The van der Waals surface area contributed by atoms with Gasteiger partial charge in [0, 0.05) is 32.3 Å². The molecule has 1 heterocycles. The van der Waals surface area contributed by atoms with E-state index in [0.717, 1.165) is 4.70 Å². The number of non-ortho nitro benzene ring substituents is 1. The second kappa shape index (κ2) is 9.51. The molecule has 0 unspecified atom stereocenters. The molecule has 2 aromatic carbocycles. The molecule has 1 amide bonds. The second-order valence-corrected chi connectivity index (χ2v) is 7.85. The molecule has 154 valence electrons. The van der Waals surface area contributed by atoms with E-state index < -0.39 is 10.8 Å². The van der Waals surface area contributed by atoms with E-state index in [1.165, 1.54) is 36.8 Å². The summed E-state index contributed by atoms with van der Waals surface area (Å²) in [6, 6.07) is 9.53. The molecule has 0 aliphatic rings. The lowest BCUT2D eigenvalue weighted by atomic mass is 10.2. The van der Waals surface area contributed by atoms with Gasteiger partial charge in [0.25, 0.3) is 11.6 Å². The summed E-state index contributed by atoms with van der Waals surface area (Å²) in [6.45, 7) is 3.95. The second-order valence-electron chi connectivity index (χ2n) is 5.91. The first-order valence-corrected chi connectivity index (χ1v) is 10.2. The summed E-state index contributed by atoms with van der Waals surface area (Å²) in [6.07, 6.45) is 3.10. The van der Waals surface area contributed by atoms with Crippen molar-refractivity contribution in [1.82, 2.24) is 5.43 Å². The number of carbonyl (C=O) groups is 1. The van der Waals surface area contributed by atoms with Crippen LogP contribution in [0.25, 0.3) is 10.1 Å². The molecular formula is C20H16BrN3O5S. The number of nitrogens with zero attached hydrogens (tertiary/aromatic N) is 2. The summed E-state index contributed by atoms with van der Waals surface area (Å²) in [7, 11) is 1.53. The zero-order chi connectivity index (χ0) is 21.7. The molecular weight excluding hydrogens is 474 g/mol. The predicted molar refractivity (Wildman–Crippen MR) is 120 cm³/mol. The fourth-order valence-electron chi connectivity index (χ4n) is 2.54. The summed E-state index contributed by atoms with van der Waals surface area (Å²) >= 11 is 4.67. The average molecular weight is 490 g/mol. The third kappa shape index (κ3) is 4.84. The molecule has 0 aliphatic carbocycles. The van der Waals surface area contributed by atoms with Crippen molar-refractivity contribution in [3.8, 4) is 11.5 Å². The molecule has 0 saturated heterocycles. The summed E-state index contributed by atoms with van der Waals surface area (Å²) < 4.78 is 12.3. The van der Waals surface area contributed by atoms with Gasteiger partial charge in [0.1, 0.15) is 6.61 Å². The molecule has 1 N–H and O–H groups in total. The van der Waals surface area contributed by atoms with Crippen LogP contribution >= 0.6 is 27.3 Å². The van der Waals surface area contributed by atoms with Crippen molar-refractivity contribution in [3.05, 3.63) is 74.1 Å². The van der Waals surface area contributed by atoms with Crippen LogP contribution in [0.4, 0.5) is 5.69 Å². The molecule has 10 heteroatoms.